The second-order valence-corrected chi connectivity index (χ2v) is 5.98. The zero-order valence-electron chi connectivity index (χ0n) is 15.5. The Balaban J connectivity index is 1.67. The van der Waals surface area contributed by atoms with Gasteiger partial charge in [-0.05, 0) is 42.0 Å². The fourth-order valence-electron chi connectivity index (χ4n) is 2.69. The van der Waals surface area contributed by atoms with Crippen molar-refractivity contribution in [2.75, 3.05) is 26.6 Å². The van der Waals surface area contributed by atoms with Gasteiger partial charge in [0.15, 0.2) is 11.5 Å². The van der Waals surface area contributed by atoms with E-state index < -0.39 is 0 Å². The highest BCUT2D eigenvalue weighted by atomic mass is 16.5. The lowest BCUT2D eigenvalue weighted by Crippen LogP contribution is -2.30. The molecule has 2 aromatic carbocycles. The third kappa shape index (κ3) is 4.38. The SMILES string of the molecule is COc1ccc(CN(C)C(=O)Nc2cccc(-n3cccn3)c2)cc1OC. The maximum atomic E-state index is 12.5. The van der Waals surface area contributed by atoms with Crippen LogP contribution in [0, 0.1) is 0 Å². The summed E-state index contributed by atoms with van der Waals surface area (Å²) in [5.41, 5.74) is 2.52. The van der Waals surface area contributed by atoms with E-state index in [1.165, 1.54) is 0 Å². The maximum Gasteiger partial charge on any atom is 0.321 e. The average molecular weight is 366 g/mol. The van der Waals surface area contributed by atoms with Crippen molar-refractivity contribution in [3.05, 3.63) is 66.5 Å². The lowest BCUT2D eigenvalue weighted by molar-refractivity contribution is 0.220. The molecule has 7 nitrogen and oxygen atoms in total. The van der Waals surface area contributed by atoms with Crippen molar-refractivity contribution in [2.24, 2.45) is 0 Å². The molecular weight excluding hydrogens is 344 g/mol. The van der Waals surface area contributed by atoms with Gasteiger partial charge in [-0.25, -0.2) is 9.48 Å². The number of hydrogen-bond acceptors (Lipinski definition) is 4. The molecule has 7 heteroatoms. The first-order valence-electron chi connectivity index (χ1n) is 8.44. The molecule has 3 aromatic rings. The smallest absolute Gasteiger partial charge is 0.321 e. The first-order chi connectivity index (χ1) is 13.1. The van der Waals surface area contributed by atoms with Crippen LogP contribution in [-0.4, -0.2) is 42.0 Å². The van der Waals surface area contributed by atoms with Crippen molar-refractivity contribution in [1.82, 2.24) is 14.7 Å². The fourth-order valence-corrected chi connectivity index (χ4v) is 2.69. The zero-order valence-corrected chi connectivity index (χ0v) is 15.5. The number of urea groups is 1. The van der Waals surface area contributed by atoms with Crippen LogP contribution in [0.1, 0.15) is 5.56 Å². The minimum Gasteiger partial charge on any atom is -0.493 e. The number of rotatable bonds is 6. The van der Waals surface area contributed by atoms with E-state index in [0.717, 1.165) is 11.3 Å². The Morgan fingerprint density at radius 2 is 1.93 bits per heavy atom. The molecule has 0 spiro atoms. The molecule has 0 bridgehead atoms. The van der Waals surface area contributed by atoms with Crippen LogP contribution in [-0.2, 0) is 6.54 Å². The number of benzene rings is 2. The maximum absolute atomic E-state index is 12.5. The van der Waals surface area contributed by atoms with Gasteiger partial charge in [-0.1, -0.05) is 12.1 Å². The Hall–Kier alpha value is -3.48. The van der Waals surface area contributed by atoms with Crippen molar-refractivity contribution < 1.29 is 14.3 Å². The minimum absolute atomic E-state index is 0.206. The molecule has 3 rings (SSSR count). The van der Waals surface area contributed by atoms with Crippen molar-refractivity contribution in [3.8, 4) is 17.2 Å². The highest BCUT2D eigenvalue weighted by Crippen LogP contribution is 2.28. The lowest BCUT2D eigenvalue weighted by atomic mass is 10.2. The molecule has 0 atom stereocenters. The van der Waals surface area contributed by atoms with Crippen LogP contribution >= 0.6 is 0 Å². The van der Waals surface area contributed by atoms with Crippen LogP contribution in [0.4, 0.5) is 10.5 Å². The zero-order chi connectivity index (χ0) is 19.2. The normalized spacial score (nSPS) is 10.3. The molecule has 1 N–H and O–H groups in total. The number of nitrogens with one attached hydrogen (secondary N) is 1. The summed E-state index contributed by atoms with van der Waals surface area (Å²) in [6, 6.07) is 14.8. The number of amides is 2. The van der Waals surface area contributed by atoms with E-state index in [4.69, 9.17) is 9.47 Å². The lowest BCUT2D eigenvalue weighted by Gasteiger charge is -2.19. The summed E-state index contributed by atoms with van der Waals surface area (Å²) in [4.78, 5) is 14.1. The van der Waals surface area contributed by atoms with Gasteiger partial charge >= 0.3 is 6.03 Å². The molecule has 0 unspecified atom stereocenters. The summed E-state index contributed by atoms with van der Waals surface area (Å²) in [5.74, 6) is 1.29. The van der Waals surface area contributed by atoms with E-state index in [-0.39, 0.29) is 6.03 Å². The van der Waals surface area contributed by atoms with Crippen molar-refractivity contribution in [2.45, 2.75) is 6.54 Å². The average Bonchev–Trinajstić information content (AvgIpc) is 3.23. The second-order valence-electron chi connectivity index (χ2n) is 5.98. The minimum atomic E-state index is -0.206. The summed E-state index contributed by atoms with van der Waals surface area (Å²) in [6.07, 6.45) is 3.56. The van der Waals surface area contributed by atoms with E-state index in [2.05, 4.69) is 10.4 Å². The Bertz CT molecular complexity index is 909. The highest BCUT2D eigenvalue weighted by molar-refractivity contribution is 5.89. The number of methoxy groups -OCH3 is 2. The largest absolute Gasteiger partial charge is 0.493 e. The molecule has 0 aliphatic heterocycles. The molecular formula is C20H22N4O3. The van der Waals surface area contributed by atoms with Gasteiger partial charge in [0.05, 0.1) is 19.9 Å². The molecule has 0 radical (unpaired) electrons. The highest BCUT2D eigenvalue weighted by Gasteiger charge is 2.12. The Labute approximate surface area is 158 Å². The molecule has 2 amide bonds. The summed E-state index contributed by atoms with van der Waals surface area (Å²) in [7, 11) is 4.92. The number of anilines is 1. The number of nitrogens with zero attached hydrogens (tertiary/aromatic N) is 3. The van der Waals surface area contributed by atoms with Gasteiger partial charge < -0.3 is 19.7 Å². The molecule has 140 valence electrons. The molecule has 0 aliphatic rings. The third-order valence-electron chi connectivity index (χ3n) is 4.08. The standard InChI is InChI=1S/C20H22N4O3/c1-23(14-15-8-9-18(26-2)19(12-15)27-3)20(25)22-16-6-4-7-17(13-16)24-11-5-10-21-24/h4-13H,14H2,1-3H3,(H,22,25). The Morgan fingerprint density at radius 3 is 2.63 bits per heavy atom. The first kappa shape index (κ1) is 18.3. The van der Waals surface area contributed by atoms with Crippen molar-refractivity contribution in [1.29, 1.82) is 0 Å². The summed E-state index contributed by atoms with van der Waals surface area (Å²) in [5, 5.41) is 7.10. The molecule has 1 aromatic heterocycles. The third-order valence-corrected chi connectivity index (χ3v) is 4.08. The van der Waals surface area contributed by atoms with E-state index in [1.54, 1.807) is 37.0 Å². The van der Waals surface area contributed by atoms with Crippen LogP contribution in [0.5, 0.6) is 11.5 Å². The topological polar surface area (TPSA) is 68.6 Å². The van der Waals surface area contributed by atoms with Gasteiger partial charge in [-0.2, -0.15) is 5.10 Å². The van der Waals surface area contributed by atoms with Gasteiger partial charge in [0.2, 0.25) is 0 Å². The van der Waals surface area contributed by atoms with Crippen LogP contribution in [0.3, 0.4) is 0 Å². The van der Waals surface area contributed by atoms with Crippen LogP contribution < -0.4 is 14.8 Å². The molecule has 27 heavy (non-hydrogen) atoms. The van der Waals surface area contributed by atoms with Crippen LogP contribution in [0.15, 0.2) is 60.9 Å². The van der Waals surface area contributed by atoms with Crippen LogP contribution in [0.25, 0.3) is 5.69 Å². The number of hydrogen-bond donors (Lipinski definition) is 1. The predicted molar refractivity (Wildman–Crippen MR) is 104 cm³/mol. The van der Waals surface area contributed by atoms with Crippen molar-refractivity contribution >= 4 is 11.7 Å². The van der Waals surface area contributed by atoms with Crippen LogP contribution in [0.2, 0.25) is 0 Å². The molecule has 0 aliphatic carbocycles. The monoisotopic (exact) mass is 366 g/mol. The molecule has 1 heterocycles. The van der Waals surface area contributed by atoms with Gasteiger partial charge in [0, 0.05) is 31.7 Å². The van der Waals surface area contributed by atoms with Gasteiger partial charge in [0.1, 0.15) is 0 Å². The summed E-state index contributed by atoms with van der Waals surface area (Å²) >= 11 is 0. The second kappa shape index (κ2) is 8.27. The number of carbonyl (C=O) groups excluding carboxylic acids is 1. The van der Waals surface area contributed by atoms with E-state index in [0.29, 0.717) is 23.7 Å². The predicted octanol–water partition coefficient (Wildman–Crippen LogP) is 3.55. The number of ether oxygens (including phenoxy) is 2. The van der Waals surface area contributed by atoms with E-state index in [1.807, 2.05) is 54.7 Å². The summed E-state index contributed by atoms with van der Waals surface area (Å²) < 4.78 is 12.3. The molecule has 0 saturated heterocycles. The molecule has 0 fully saturated rings. The quantitative estimate of drug-likeness (QED) is 0.724. The fraction of sp³-hybridized carbons (Fsp3) is 0.200. The Kier molecular flexibility index (Phi) is 5.61. The van der Waals surface area contributed by atoms with E-state index in [9.17, 15) is 4.79 Å². The Morgan fingerprint density at radius 1 is 1.11 bits per heavy atom. The van der Waals surface area contributed by atoms with Crippen molar-refractivity contribution in [3.63, 3.8) is 0 Å². The summed E-state index contributed by atoms with van der Waals surface area (Å²) in [6.45, 7) is 0.436. The van der Waals surface area contributed by atoms with Gasteiger partial charge in [0.25, 0.3) is 0 Å². The molecule has 0 saturated carbocycles. The van der Waals surface area contributed by atoms with E-state index >= 15 is 0 Å². The van der Waals surface area contributed by atoms with Gasteiger partial charge in [-0.3, -0.25) is 0 Å². The number of carbonyl (C=O) groups is 1. The first-order valence-corrected chi connectivity index (χ1v) is 8.44. The van der Waals surface area contributed by atoms with Gasteiger partial charge in [-0.15, -0.1) is 0 Å². The number of aromatic nitrogens is 2.